The van der Waals surface area contributed by atoms with E-state index in [0.29, 0.717) is 6.54 Å². The normalized spacial score (nSPS) is 17.2. The van der Waals surface area contributed by atoms with E-state index in [2.05, 4.69) is 22.4 Å². The molecule has 0 spiro atoms. The van der Waals surface area contributed by atoms with E-state index in [-0.39, 0.29) is 5.91 Å². The van der Waals surface area contributed by atoms with Crippen molar-refractivity contribution in [1.29, 1.82) is 0 Å². The summed E-state index contributed by atoms with van der Waals surface area (Å²) in [6, 6.07) is 5.75. The first-order valence-corrected chi connectivity index (χ1v) is 8.76. The molecule has 1 aliphatic rings. The molecule has 0 fully saturated rings. The molecule has 1 atom stereocenters. The second-order valence-corrected chi connectivity index (χ2v) is 7.09. The number of carbonyl (C=O) groups excluding carboxylic acids is 1. The summed E-state index contributed by atoms with van der Waals surface area (Å²) in [6.07, 6.45) is 5.18. The first-order chi connectivity index (χ1) is 11.2. The zero-order valence-corrected chi connectivity index (χ0v) is 13.8. The van der Waals surface area contributed by atoms with Crippen molar-refractivity contribution in [2.45, 2.75) is 32.7 Å². The molecule has 23 heavy (non-hydrogen) atoms. The third-order valence-electron chi connectivity index (χ3n) is 4.44. The van der Waals surface area contributed by atoms with Gasteiger partial charge in [-0.2, -0.15) is 0 Å². The zero-order valence-electron chi connectivity index (χ0n) is 13.0. The van der Waals surface area contributed by atoms with E-state index in [4.69, 9.17) is 0 Å². The highest BCUT2D eigenvalue weighted by Crippen LogP contribution is 2.32. The van der Waals surface area contributed by atoms with Crippen LogP contribution in [0.4, 0.5) is 0 Å². The quantitative estimate of drug-likeness (QED) is 0.805. The minimum Gasteiger partial charge on any atom is -0.345 e. The van der Waals surface area contributed by atoms with Crippen LogP contribution in [0.2, 0.25) is 0 Å². The molecule has 1 N–H and O–H groups in total. The summed E-state index contributed by atoms with van der Waals surface area (Å²) in [6.45, 7) is 2.66. The van der Waals surface area contributed by atoms with Crippen LogP contribution in [0.25, 0.3) is 5.65 Å². The number of amides is 1. The maximum absolute atomic E-state index is 12.5. The Labute approximate surface area is 138 Å². The van der Waals surface area contributed by atoms with E-state index in [0.717, 1.165) is 35.8 Å². The number of rotatable bonds is 3. The Bertz CT molecular complexity index is 866. The van der Waals surface area contributed by atoms with Crippen molar-refractivity contribution >= 4 is 22.9 Å². The van der Waals surface area contributed by atoms with Gasteiger partial charge in [-0.15, -0.1) is 21.5 Å². The summed E-state index contributed by atoms with van der Waals surface area (Å²) >= 11 is 1.72. The maximum Gasteiger partial charge on any atom is 0.252 e. The van der Waals surface area contributed by atoms with Crippen molar-refractivity contribution < 1.29 is 4.79 Å². The second kappa shape index (κ2) is 5.77. The van der Waals surface area contributed by atoms with Gasteiger partial charge in [0, 0.05) is 16.5 Å². The molecule has 0 bridgehead atoms. The Kier molecular flexibility index (Phi) is 3.61. The average Bonchev–Trinajstić information content (AvgIpc) is 3.16. The van der Waals surface area contributed by atoms with Gasteiger partial charge in [0.15, 0.2) is 11.5 Å². The summed E-state index contributed by atoms with van der Waals surface area (Å²) in [5.74, 6) is 1.45. The molecule has 1 aliphatic carbocycles. The van der Waals surface area contributed by atoms with E-state index >= 15 is 0 Å². The smallest absolute Gasteiger partial charge is 0.252 e. The molecule has 0 saturated carbocycles. The molecule has 0 aliphatic heterocycles. The average molecular weight is 326 g/mol. The Hall–Kier alpha value is -2.21. The Morgan fingerprint density at radius 2 is 2.35 bits per heavy atom. The Balaban J connectivity index is 1.51. The van der Waals surface area contributed by atoms with E-state index < -0.39 is 0 Å². The Morgan fingerprint density at radius 1 is 1.43 bits per heavy atom. The third kappa shape index (κ3) is 2.63. The molecule has 4 rings (SSSR count). The number of thiophene rings is 1. The fourth-order valence-corrected chi connectivity index (χ4v) is 4.38. The van der Waals surface area contributed by atoms with E-state index in [9.17, 15) is 4.79 Å². The molecule has 3 aromatic heterocycles. The van der Waals surface area contributed by atoms with Crippen molar-refractivity contribution in [1.82, 2.24) is 19.9 Å². The van der Waals surface area contributed by atoms with Crippen LogP contribution in [0.1, 0.15) is 40.0 Å². The molecule has 3 aromatic rings. The third-order valence-corrected chi connectivity index (χ3v) is 5.49. The molecule has 0 saturated heterocycles. The van der Waals surface area contributed by atoms with Crippen LogP contribution in [0.15, 0.2) is 29.8 Å². The Morgan fingerprint density at radius 3 is 3.26 bits per heavy atom. The number of nitrogens with one attached hydrogen (secondary N) is 1. The molecule has 6 heteroatoms. The van der Waals surface area contributed by atoms with Gasteiger partial charge in [0.05, 0.1) is 12.1 Å². The molecule has 1 unspecified atom stereocenters. The van der Waals surface area contributed by atoms with Crippen LogP contribution in [0.5, 0.6) is 0 Å². The number of nitrogens with zero attached hydrogens (tertiary/aromatic N) is 3. The number of pyridine rings is 1. The minimum atomic E-state index is -0.00951. The number of aromatic nitrogens is 3. The van der Waals surface area contributed by atoms with E-state index in [1.54, 1.807) is 11.3 Å². The largest absolute Gasteiger partial charge is 0.345 e. The van der Waals surface area contributed by atoms with Crippen molar-refractivity contribution in [2.24, 2.45) is 5.92 Å². The molecular formula is C17H18N4OS. The molecule has 5 nitrogen and oxygen atoms in total. The first kappa shape index (κ1) is 14.4. The van der Waals surface area contributed by atoms with Gasteiger partial charge in [-0.05, 0) is 42.9 Å². The first-order valence-electron chi connectivity index (χ1n) is 7.88. The van der Waals surface area contributed by atoms with Crippen LogP contribution in [-0.4, -0.2) is 20.5 Å². The lowest BCUT2D eigenvalue weighted by atomic mass is 9.88. The summed E-state index contributed by atoms with van der Waals surface area (Å²) in [4.78, 5) is 13.9. The SMILES string of the molecule is CC1CCc2c(C(=O)NCc3nnc4ccccn34)csc2C1. The topological polar surface area (TPSA) is 59.3 Å². The van der Waals surface area contributed by atoms with Gasteiger partial charge in [0.2, 0.25) is 0 Å². The van der Waals surface area contributed by atoms with Gasteiger partial charge in [-0.1, -0.05) is 13.0 Å². The predicted octanol–water partition coefficient (Wildman–Crippen LogP) is 2.85. The fourth-order valence-electron chi connectivity index (χ4n) is 3.13. The van der Waals surface area contributed by atoms with Crippen molar-refractivity contribution in [3.63, 3.8) is 0 Å². The van der Waals surface area contributed by atoms with Gasteiger partial charge in [0.1, 0.15) is 0 Å². The van der Waals surface area contributed by atoms with Gasteiger partial charge in [-0.3, -0.25) is 9.20 Å². The molecule has 0 aromatic carbocycles. The van der Waals surface area contributed by atoms with Gasteiger partial charge in [-0.25, -0.2) is 0 Å². The number of hydrogen-bond acceptors (Lipinski definition) is 4. The fraction of sp³-hybridized carbons (Fsp3) is 0.353. The highest BCUT2D eigenvalue weighted by Gasteiger charge is 2.23. The summed E-state index contributed by atoms with van der Waals surface area (Å²) in [5, 5.41) is 13.2. The monoisotopic (exact) mass is 326 g/mol. The van der Waals surface area contributed by atoms with Crippen LogP contribution >= 0.6 is 11.3 Å². The lowest BCUT2D eigenvalue weighted by Gasteiger charge is -2.18. The van der Waals surface area contributed by atoms with Crippen LogP contribution in [0, 0.1) is 5.92 Å². The van der Waals surface area contributed by atoms with Gasteiger partial charge < -0.3 is 5.32 Å². The molecule has 118 valence electrons. The van der Waals surface area contributed by atoms with Crippen molar-refractivity contribution in [3.8, 4) is 0 Å². The van der Waals surface area contributed by atoms with E-state index in [1.807, 2.05) is 34.2 Å². The van der Waals surface area contributed by atoms with Crippen LogP contribution in [-0.2, 0) is 19.4 Å². The maximum atomic E-state index is 12.5. The molecule has 0 radical (unpaired) electrons. The van der Waals surface area contributed by atoms with Gasteiger partial charge in [0.25, 0.3) is 5.91 Å². The number of hydrogen-bond donors (Lipinski definition) is 1. The van der Waals surface area contributed by atoms with Crippen molar-refractivity contribution in [3.05, 3.63) is 51.6 Å². The number of fused-ring (bicyclic) bond motifs is 2. The minimum absolute atomic E-state index is 0.00951. The second-order valence-electron chi connectivity index (χ2n) is 6.13. The van der Waals surface area contributed by atoms with Crippen LogP contribution < -0.4 is 5.32 Å². The molecular weight excluding hydrogens is 308 g/mol. The lowest BCUT2D eigenvalue weighted by molar-refractivity contribution is 0.0949. The molecule has 1 amide bonds. The van der Waals surface area contributed by atoms with Gasteiger partial charge >= 0.3 is 0 Å². The molecule has 3 heterocycles. The number of carbonyl (C=O) groups is 1. The summed E-state index contributed by atoms with van der Waals surface area (Å²) in [7, 11) is 0. The standard InChI is InChI=1S/C17H18N4OS/c1-11-5-6-12-13(10-23-14(12)8-11)17(22)18-9-16-20-19-15-4-2-3-7-21(15)16/h2-4,7,10-11H,5-6,8-9H2,1H3,(H,18,22). The summed E-state index contributed by atoms with van der Waals surface area (Å²) < 4.78 is 1.89. The lowest BCUT2D eigenvalue weighted by Crippen LogP contribution is -2.25. The van der Waals surface area contributed by atoms with Crippen LogP contribution in [0.3, 0.4) is 0 Å². The predicted molar refractivity (Wildman–Crippen MR) is 89.7 cm³/mol. The highest BCUT2D eigenvalue weighted by molar-refractivity contribution is 7.10. The zero-order chi connectivity index (χ0) is 15.8. The van der Waals surface area contributed by atoms with Crippen molar-refractivity contribution in [2.75, 3.05) is 0 Å². The summed E-state index contributed by atoms with van der Waals surface area (Å²) in [5.41, 5.74) is 2.88. The van der Waals surface area contributed by atoms with E-state index in [1.165, 1.54) is 16.9 Å². The highest BCUT2D eigenvalue weighted by atomic mass is 32.1.